The summed E-state index contributed by atoms with van der Waals surface area (Å²) in [6.07, 6.45) is 7.47. The van der Waals surface area contributed by atoms with E-state index in [0.717, 1.165) is 42.1 Å². The highest BCUT2D eigenvalue weighted by Crippen LogP contribution is 2.40. The number of allylic oxidation sites excluding steroid dienone is 1. The first kappa shape index (κ1) is 22.2. The summed E-state index contributed by atoms with van der Waals surface area (Å²) in [5.41, 5.74) is 0. The normalized spacial score (nSPS) is 23.9. The SMILES string of the molecule is C=C(C)SCCC1CCC(CCSC(C)=O)CC1CCSC(C)=O. The molecule has 0 heterocycles. The second-order valence-electron chi connectivity index (χ2n) is 6.80. The van der Waals surface area contributed by atoms with E-state index >= 15 is 0 Å². The fourth-order valence-electron chi connectivity index (χ4n) is 3.53. The number of carbonyl (C=O) groups is 2. The molecular formula is C19H32O2S3. The van der Waals surface area contributed by atoms with Gasteiger partial charge in [0.1, 0.15) is 0 Å². The minimum atomic E-state index is 0.231. The molecule has 0 amide bonds. The molecule has 0 bridgehead atoms. The number of rotatable bonds is 10. The van der Waals surface area contributed by atoms with E-state index in [1.807, 2.05) is 11.8 Å². The van der Waals surface area contributed by atoms with E-state index < -0.39 is 0 Å². The Morgan fingerprint density at radius 2 is 1.38 bits per heavy atom. The van der Waals surface area contributed by atoms with Crippen LogP contribution in [0.15, 0.2) is 11.5 Å². The summed E-state index contributed by atoms with van der Waals surface area (Å²) in [6.45, 7) is 9.37. The van der Waals surface area contributed by atoms with Crippen LogP contribution >= 0.6 is 35.3 Å². The third-order valence-electron chi connectivity index (χ3n) is 4.71. The van der Waals surface area contributed by atoms with Crippen molar-refractivity contribution < 1.29 is 9.59 Å². The summed E-state index contributed by atoms with van der Waals surface area (Å²) < 4.78 is 0. The molecule has 5 heteroatoms. The molecule has 0 aromatic rings. The van der Waals surface area contributed by atoms with E-state index in [9.17, 15) is 9.59 Å². The predicted molar refractivity (Wildman–Crippen MR) is 112 cm³/mol. The van der Waals surface area contributed by atoms with Crippen LogP contribution in [0.25, 0.3) is 0 Å². The molecule has 24 heavy (non-hydrogen) atoms. The van der Waals surface area contributed by atoms with Gasteiger partial charge in [-0.25, -0.2) is 0 Å². The molecule has 3 atom stereocenters. The van der Waals surface area contributed by atoms with Gasteiger partial charge in [0.05, 0.1) is 0 Å². The first-order valence-electron chi connectivity index (χ1n) is 8.93. The topological polar surface area (TPSA) is 34.1 Å². The zero-order chi connectivity index (χ0) is 17.9. The quantitative estimate of drug-likeness (QED) is 0.457. The Morgan fingerprint density at radius 1 is 0.833 bits per heavy atom. The molecular weight excluding hydrogens is 356 g/mol. The maximum Gasteiger partial charge on any atom is 0.185 e. The number of carbonyl (C=O) groups excluding carboxylic acids is 2. The smallest absolute Gasteiger partial charge is 0.185 e. The Labute approximate surface area is 160 Å². The van der Waals surface area contributed by atoms with Crippen molar-refractivity contribution in [3.8, 4) is 0 Å². The highest BCUT2D eigenvalue weighted by atomic mass is 32.2. The van der Waals surface area contributed by atoms with Crippen molar-refractivity contribution in [1.82, 2.24) is 0 Å². The second-order valence-corrected chi connectivity index (χ2v) is 10.7. The minimum Gasteiger partial charge on any atom is -0.288 e. The molecule has 1 rings (SSSR count). The van der Waals surface area contributed by atoms with E-state index in [1.54, 1.807) is 13.8 Å². The average molecular weight is 389 g/mol. The van der Waals surface area contributed by atoms with Gasteiger partial charge in [-0.2, -0.15) is 0 Å². The van der Waals surface area contributed by atoms with Crippen molar-refractivity contribution in [2.75, 3.05) is 17.3 Å². The van der Waals surface area contributed by atoms with Gasteiger partial charge >= 0.3 is 0 Å². The lowest BCUT2D eigenvalue weighted by molar-refractivity contribution is -0.109. The number of thioether (sulfide) groups is 3. The van der Waals surface area contributed by atoms with Gasteiger partial charge in [0.15, 0.2) is 10.2 Å². The predicted octanol–water partition coefficient (Wildman–Crippen LogP) is 6.02. The summed E-state index contributed by atoms with van der Waals surface area (Å²) in [5, 5.41) is 0.463. The molecule has 0 saturated heterocycles. The van der Waals surface area contributed by atoms with Gasteiger partial charge < -0.3 is 0 Å². The highest BCUT2D eigenvalue weighted by Gasteiger charge is 2.29. The van der Waals surface area contributed by atoms with Crippen LogP contribution in [0.5, 0.6) is 0 Å². The van der Waals surface area contributed by atoms with Crippen LogP contribution in [0, 0.1) is 17.8 Å². The molecule has 138 valence electrons. The van der Waals surface area contributed by atoms with Crippen LogP contribution < -0.4 is 0 Å². The lowest BCUT2D eigenvalue weighted by Crippen LogP contribution is -2.26. The summed E-state index contributed by atoms with van der Waals surface area (Å²) in [4.78, 5) is 23.5. The van der Waals surface area contributed by atoms with Crippen LogP contribution in [0.2, 0.25) is 0 Å². The van der Waals surface area contributed by atoms with Crippen molar-refractivity contribution >= 4 is 45.5 Å². The van der Waals surface area contributed by atoms with Crippen LogP contribution in [0.3, 0.4) is 0 Å². The van der Waals surface area contributed by atoms with Gasteiger partial charge in [-0.15, -0.1) is 11.8 Å². The molecule has 1 aliphatic carbocycles. The molecule has 0 aromatic carbocycles. The molecule has 0 radical (unpaired) electrons. The maximum absolute atomic E-state index is 11.2. The average Bonchev–Trinajstić information content (AvgIpc) is 2.48. The first-order valence-corrected chi connectivity index (χ1v) is 11.9. The summed E-state index contributed by atoms with van der Waals surface area (Å²) in [6, 6.07) is 0. The Bertz CT molecular complexity index is 423. The number of hydrogen-bond acceptors (Lipinski definition) is 5. The van der Waals surface area contributed by atoms with Gasteiger partial charge in [0.25, 0.3) is 0 Å². The Morgan fingerprint density at radius 3 is 1.96 bits per heavy atom. The van der Waals surface area contributed by atoms with Gasteiger partial charge in [0, 0.05) is 25.4 Å². The molecule has 0 aromatic heterocycles. The first-order chi connectivity index (χ1) is 11.4. The van der Waals surface area contributed by atoms with E-state index in [2.05, 4.69) is 13.5 Å². The molecule has 0 spiro atoms. The van der Waals surface area contributed by atoms with Gasteiger partial charge in [-0.05, 0) is 67.4 Å². The van der Waals surface area contributed by atoms with Crippen molar-refractivity contribution in [2.24, 2.45) is 17.8 Å². The Balaban J connectivity index is 2.46. The monoisotopic (exact) mass is 388 g/mol. The summed E-state index contributed by atoms with van der Waals surface area (Å²) in [7, 11) is 0. The van der Waals surface area contributed by atoms with E-state index in [-0.39, 0.29) is 10.2 Å². The van der Waals surface area contributed by atoms with Gasteiger partial charge in [0.2, 0.25) is 0 Å². The Hall–Kier alpha value is 0.130. The fourth-order valence-corrected chi connectivity index (χ4v) is 5.74. The van der Waals surface area contributed by atoms with Crippen molar-refractivity contribution in [2.45, 2.75) is 59.3 Å². The van der Waals surface area contributed by atoms with E-state index in [0.29, 0.717) is 0 Å². The third-order valence-corrected chi connectivity index (χ3v) is 7.34. The second kappa shape index (κ2) is 12.5. The zero-order valence-corrected chi connectivity index (χ0v) is 17.8. The lowest BCUT2D eigenvalue weighted by atomic mass is 9.71. The molecule has 3 unspecified atom stereocenters. The number of hydrogen-bond donors (Lipinski definition) is 0. The largest absolute Gasteiger partial charge is 0.288 e. The zero-order valence-electron chi connectivity index (χ0n) is 15.3. The maximum atomic E-state index is 11.2. The van der Waals surface area contributed by atoms with Crippen molar-refractivity contribution in [1.29, 1.82) is 0 Å². The van der Waals surface area contributed by atoms with Crippen LogP contribution in [-0.2, 0) is 9.59 Å². The molecule has 1 fully saturated rings. The van der Waals surface area contributed by atoms with Gasteiger partial charge in [-0.1, -0.05) is 36.5 Å². The van der Waals surface area contributed by atoms with Gasteiger partial charge in [-0.3, -0.25) is 9.59 Å². The van der Waals surface area contributed by atoms with Crippen molar-refractivity contribution in [3.05, 3.63) is 11.5 Å². The Kier molecular flexibility index (Phi) is 11.5. The van der Waals surface area contributed by atoms with E-state index in [1.165, 1.54) is 59.9 Å². The highest BCUT2D eigenvalue weighted by molar-refractivity contribution is 8.13. The molecule has 1 aliphatic rings. The molecule has 2 nitrogen and oxygen atoms in total. The molecule has 0 aliphatic heterocycles. The lowest BCUT2D eigenvalue weighted by Gasteiger charge is -2.36. The van der Waals surface area contributed by atoms with Crippen LogP contribution in [0.1, 0.15) is 59.3 Å². The standard InChI is InChI=1S/C19H32O2S3/c1-14(2)22-11-8-18-6-5-17(7-10-23-15(3)20)13-19(18)9-12-24-16(4)21/h17-19H,1,5-13H2,2-4H3. The van der Waals surface area contributed by atoms with Crippen LogP contribution in [0.4, 0.5) is 0 Å². The summed E-state index contributed by atoms with van der Waals surface area (Å²) >= 11 is 4.82. The summed E-state index contributed by atoms with van der Waals surface area (Å²) in [5.74, 6) is 5.38. The van der Waals surface area contributed by atoms with Crippen molar-refractivity contribution in [3.63, 3.8) is 0 Å². The fraction of sp³-hybridized carbons (Fsp3) is 0.789. The minimum absolute atomic E-state index is 0.231. The third kappa shape index (κ3) is 10.2. The molecule has 1 saturated carbocycles. The van der Waals surface area contributed by atoms with Crippen LogP contribution in [-0.4, -0.2) is 27.5 Å². The van der Waals surface area contributed by atoms with E-state index in [4.69, 9.17) is 0 Å². The molecule has 0 N–H and O–H groups in total.